The first-order valence-corrected chi connectivity index (χ1v) is 11.9. The Morgan fingerprint density at radius 3 is 1.34 bits per heavy atom. The zero-order valence-corrected chi connectivity index (χ0v) is 24.0. The first-order chi connectivity index (χ1) is 17.7. The Kier molecular flexibility index (Phi) is 7.93. The maximum Gasteiger partial charge on any atom is 0.262 e. The molecule has 0 atom stereocenters. The van der Waals surface area contributed by atoms with Crippen LogP contribution in [-0.4, -0.2) is 51.0 Å². The number of imide groups is 2. The Morgan fingerprint density at radius 1 is 0.658 bits per heavy atom. The van der Waals surface area contributed by atoms with Gasteiger partial charge in [0.15, 0.2) is 0 Å². The molecule has 2 heterocycles. The molecule has 0 saturated heterocycles. The van der Waals surface area contributed by atoms with E-state index in [0.29, 0.717) is 22.3 Å². The molecule has 0 fully saturated rings. The fraction of sp³-hybridized carbons (Fsp3) is 0.133. The van der Waals surface area contributed by atoms with E-state index in [4.69, 9.17) is 0 Å². The fourth-order valence-corrected chi connectivity index (χ4v) is 4.63. The summed E-state index contributed by atoms with van der Waals surface area (Å²) in [6.45, 7) is 4.14. The van der Waals surface area contributed by atoms with E-state index < -0.39 is 0 Å². The van der Waals surface area contributed by atoms with Crippen molar-refractivity contribution in [2.24, 2.45) is 0 Å². The van der Waals surface area contributed by atoms with Gasteiger partial charge in [-0.1, -0.05) is 62.4 Å². The van der Waals surface area contributed by atoms with Gasteiger partial charge in [-0.25, -0.2) is 7.05 Å². The van der Waals surface area contributed by atoms with Crippen LogP contribution in [0, 0.1) is 14.1 Å². The summed E-state index contributed by atoms with van der Waals surface area (Å²) in [6.07, 6.45) is 0. The third-order valence-corrected chi connectivity index (χ3v) is 6.77. The van der Waals surface area contributed by atoms with E-state index in [-0.39, 0.29) is 69.0 Å². The summed E-state index contributed by atoms with van der Waals surface area (Å²) in [5, 5.41) is 3.32. The van der Waals surface area contributed by atoms with E-state index in [2.05, 4.69) is 14.1 Å². The van der Waals surface area contributed by atoms with Gasteiger partial charge in [-0.15, -0.1) is 0 Å². The van der Waals surface area contributed by atoms with Gasteiger partial charge in [-0.3, -0.25) is 31.1 Å². The molecule has 6 rings (SSSR count). The smallest absolute Gasteiger partial charge is 0.262 e. The molecule has 0 saturated carbocycles. The van der Waals surface area contributed by atoms with Crippen LogP contribution in [0.3, 0.4) is 0 Å². The number of carbonyl (C=O) groups excluding carboxylic acids is 4. The van der Waals surface area contributed by atoms with Crippen molar-refractivity contribution in [3.05, 3.63) is 109 Å². The minimum Gasteiger partial charge on any atom is -0.440 e. The number of rotatable bonds is 3. The van der Waals surface area contributed by atoms with Gasteiger partial charge in [0.1, 0.15) is 0 Å². The molecule has 4 aromatic rings. The molecular weight excluding hydrogens is 555 g/mol. The van der Waals surface area contributed by atoms with Crippen LogP contribution >= 0.6 is 0 Å². The van der Waals surface area contributed by atoms with Gasteiger partial charge in [0.25, 0.3) is 11.8 Å². The van der Waals surface area contributed by atoms with Crippen LogP contribution < -0.4 is 0 Å². The molecule has 189 valence electrons. The maximum atomic E-state index is 12.6. The molecule has 7 nitrogen and oxygen atoms in total. The third-order valence-electron chi connectivity index (χ3n) is 6.77. The minimum atomic E-state index is -0.339. The molecule has 0 bridgehead atoms. The van der Waals surface area contributed by atoms with Crippen LogP contribution in [0.1, 0.15) is 55.3 Å². The number of amides is 4. The zero-order valence-electron chi connectivity index (χ0n) is 21.2. The summed E-state index contributed by atoms with van der Waals surface area (Å²) in [5.41, 5.74) is 2.25. The average molecular weight is 580 g/mol. The normalized spacial score (nSPS) is 14.3. The van der Waals surface area contributed by atoms with Crippen LogP contribution in [0.2, 0.25) is 0 Å². The molecule has 2 aliphatic rings. The van der Waals surface area contributed by atoms with E-state index in [1.54, 1.807) is 29.2 Å². The molecule has 0 unspecified atom stereocenters. The van der Waals surface area contributed by atoms with Crippen molar-refractivity contribution >= 4 is 45.2 Å². The van der Waals surface area contributed by atoms with Gasteiger partial charge in [0.05, 0.1) is 6.67 Å². The Balaban J connectivity index is 0.000000178. The molecule has 2 aliphatic heterocycles. The van der Waals surface area contributed by atoms with Crippen LogP contribution in [0.4, 0.5) is 0 Å². The van der Waals surface area contributed by atoms with Crippen molar-refractivity contribution in [1.29, 1.82) is 0 Å². The number of hydrogen-bond donors (Lipinski definition) is 0. The molecular formula is C30H25N3O4Y-2. The van der Waals surface area contributed by atoms with E-state index in [1.165, 1.54) is 4.90 Å². The van der Waals surface area contributed by atoms with Crippen LogP contribution in [-0.2, 0) is 32.7 Å². The molecule has 0 N–H and O–H groups in total. The quantitative estimate of drug-likeness (QED) is 0.249. The second kappa shape index (κ2) is 10.9. The Morgan fingerprint density at radius 2 is 1.00 bits per heavy atom. The first kappa shape index (κ1) is 27.8. The monoisotopic (exact) mass is 580 g/mol. The number of carbonyl (C=O) groups is 4. The summed E-state index contributed by atoms with van der Waals surface area (Å²) in [6, 6.07) is 22.1. The first-order valence-electron chi connectivity index (χ1n) is 11.9. The standard InChI is InChI=1S/C17H17N2O2.C13H8NO2.Y/c1-11(2)18(3)10-19-16(20)13-8-4-6-12-7-5-9-14(15(12)13)17(19)21;1-14-12(15)9-6-2-4-8-5-3-7-10(11(8)9)13(14)16;/h4-9,11H,3,10H2,1-2H3;2-7H,1H2;/q2*-1;. The molecule has 0 aromatic heterocycles. The van der Waals surface area contributed by atoms with E-state index in [0.717, 1.165) is 26.4 Å². The topological polar surface area (TPSA) is 78.0 Å². The zero-order chi connectivity index (χ0) is 26.4. The summed E-state index contributed by atoms with van der Waals surface area (Å²) in [7, 11) is 7.37. The van der Waals surface area contributed by atoms with E-state index in [1.807, 2.05) is 62.4 Å². The summed E-state index contributed by atoms with van der Waals surface area (Å²) < 4.78 is 0. The van der Waals surface area contributed by atoms with Crippen LogP contribution in [0.5, 0.6) is 0 Å². The summed E-state index contributed by atoms with van der Waals surface area (Å²) in [4.78, 5) is 52.9. The molecule has 38 heavy (non-hydrogen) atoms. The Bertz CT molecular complexity index is 1510. The van der Waals surface area contributed by atoms with Gasteiger partial charge in [0.2, 0.25) is 11.8 Å². The van der Waals surface area contributed by atoms with Gasteiger partial charge in [-0.05, 0) is 41.1 Å². The predicted molar refractivity (Wildman–Crippen MR) is 141 cm³/mol. The fourth-order valence-electron chi connectivity index (χ4n) is 4.63. The van der Waals surface area contributed by atoms with Crippen molar-refractivity contribution in [2.75, 3.05) is 6.67 Å². The van der Waals surface area contributed by atoms with Crippen LogP contribution in [0.15, 0.2) is 72.8 Å². The number of hydrogen-bond acceptors (Lipinski definition) is 5. The SMILES string of the molecule is [CH2-]N(CN1C(=O)c2cccc3cccc(c23)C1=O)C(C)C.[CH2-]N1C(=O)c2cccc3cccc(c23)C1=O.[Y]. The molecule has 0 spiro atoms. The molecule has 0 aliphatic carbocycles. The molecule has 1 radical (unpaired) electrons. The summed E-state index contributed by atoms with van der Waals surface area (Å²) >= 11 is 0. The maximum absolute atomic E-state index is 12.6. The second-order valence-electron chi connectivity index (χ2n) is 9.32. The van der Waals surface area contributed by atoms with Gasteiger partial charge >= 0.3 is 0 Å². The minimum absolute atomic E-state index is 0. The predicted octanol–water partition coefficient (Wildman–Crippen LogP) is 5.12. The van der Waals surface area contributed by atoms with E-state index >= 15 is 0 Å². The van der Waals surface area contributed by atoms with Crippen molar-refractivity contribution < 1.29 is 51.9 Å². The second-order valence-corrected chi connectivity index (χ2v) is 9.32. The summed E-state index contributed by atoms with van der Waals surface area (Å²) in [5.74, 6) is -1.18. The average Bonchev–Trinajstić information content (AvgIpc) is 2.91. The van der Waals surface area contributed by atoms with Gasteiger partial charge in [-0.2, -0.15) is 0 Å². The van der Waals surface area contributed by atoms with Crippen LogP contribution in [0.25, 0.3) is 21.5 Å². The Labute approximate surface area is 246 Å². The third kappa shape index (κ3) is 4.59. The largest absolute Gasteiger partial charge is 0.440 e. The van der Waals surface area contributed by atoms with Gasteiger partial charge in [0, 0.05) is 65.7 Å². The van der Waals surface area contributed by atoms with Crippen molar-refractivity contribution in [3.8, 4) is 0 Å². The van der Waals surface area contributed by atoms with Crippen molar-refractivity contribution in [1.82, 2.24) is 14.7 Å². The van der Waals surface area contributed by atoms with Crippen molar-refractivity contribution in [3.63, 3.8) is 0 Å². The van der Waals surface area contributed by atoms with E-state index in [9.17, 15) is 19.2 Å². The number of nitrogens with zero attached hydrogens (tertiary/aromatic N) is 3. The molecule has 4 amide bonds. The molecule has 4 aromatic carbocycles. The van der Waals surface area contributed by atoms with Crippen molar-refractivity contribution in [2.45, 2.75) is 19.9 Å². The van der Waals surface area contributed by atoms with Gasteiger partial charge < -0.3 is 9.80 Å². The molecule has 8 heteroatoms. The number of benzene rings is 4. The Hall–Kier alpha value is -3.26.